The van der Waals surface area contributed by atoms with E-state index in [4.69, 9.17) is 27.9 Å². The number of nitrogens with zero attached hydrogens (tertiary/aromatic N) is 1. The summed E-state index contributed by atoms with van der Waals surface area (Å²) in [5.41, 5.74) is 3.52. The molecule has 0 radical (unpaired) electrons. The minimum atomic E-state index is -0.299. The number of halogens is 2. The third kappa shape index (κ3) is 4.62. The average molecular weight is 400 g/mol. The molecule has 27 heavy (non-hydrogen) atoms. The van der Waals surface area contributed by atoms with Crippen LogP contribution in [-0.2, 0) is 22.5 Å². The molecule has 0 aromatic heterocycles. The van der Waals surface area contributed by atoms with Crippen molar-refractivity contribution in [1.82, 2.24) is 0 Å². The lowest BCUT2D eigenvalue weighted by Crippen LogP contribution is -2.20. The predicted octanol–water partition coefficient (Wildman–Crippen LogP) is 6.05. The first-order chi connectivity index (χ1) is 13.1. The van der Waals surface area contributed by atoms with Crippen LogP contribution in [0.5, 0.6) is 0 Å². The van der Waals surface area contributed by atoms with Crippen molar-refractivity contribution >= 4 is 40.5 Å². The number of hydrogen-bond donors (Lipinski definition) is 0. The second-order valence-corrected chi connectivity index (χ2v) is 6.84. The normalized spacial score (nSPS) is 10.5. The molecule has 0 spiro atoms. The van der Waals surface area contributed by atoms with Gasteiger partial charge in [0, 0.05) is 12.2 Å². The van der Waals surface area contributed by atoms with Gasteiger partial charge in [-0.15, -0.1) is 0 Å². The van der Waals surface area contributed by atoms with Gasteiger partial charge in [-0.25, -0.2) is 0 Å². The Morgan fingerprint density at radius 1 is 0.889 bits per heavy atom. The molecule has 0 unspecified atom stereocenters. The smallest absolute Gasteiger partial charge is 0.310 e. The Hall–Kier alpha value is -2.49. The van der Waals surface area contributed by atoms with Crippen LogP contribution in [0.25, 0.3) is 0 Å². The van der Waals surface area contributed by atoms with Crippen LogP contribution in [0.3, 0.4) is 0 Å². The van der Waals surface area contributed by atoms with Crippen LogP contribution in [0.2, 0.25) is 10.0 Å². The van der Waals surface area contributed by atoms with Crippen molar-refractivity contribution in [3.05, 3.63) is 94.0 Å². The highest BCUT2D eigenvalue weighted by atomic mass is 35.5. The Kier molecular flexibility index (Phi) is 6.38. The molecule has 0 heterocycles. The molecule has 0 saturated carbocycles. The van der Waals surface area contributed by atoms with Crippen LogP contribution in [0, 0.1) is 0 Å². The number of anilines is 2. The molecule has 0 aliphatic carbocycles. The monoisotopic (exact) mass is 399 g/mol. The Morgan fingerprint density at radius 3 is 2.19 bits per heavy atom. The first-order valence-electron chi connectivity index (χ1n) is 8.50. The van der Waals surface area contributed by atoms with Crippen LogP contribution < -0.4 is 4.90 Å². The van der Waals surface area contributed by atoms with Crippen LogP contribution in [0.1, 0.15) is 11.1 Å². The van der Waals surface area contributed by atoms with E-state index < -0.39 is 0 Å². The Bertz CT molecular complexity index is 908. The highest BCUT2D eigenvalue weighted by molar-refractivity contribution is 6.39. The van der Waals surface area contributed by atoms with E-state index in [9.17, 15) is 4.79 Å². The summed E-state index contributed by atoms with van der Waals surface area (Å²) in [5.74, 6) is -0.299. The van der Waals surface area contributed by atoms with Crippen molar-refractivity contribution in [2.24, 2.45) is 0 Å². The number of para-hydroxylation sites is 2. The lowest BCUT2D eigenvalue weighted by Gasteiger charge is -2.29. The first kappa shape index (κ1) is 19.3. The van der Waals surface area contributed by atoms with E-state index in [1.807, 2.05) is 77.7 Å². The Labute approximate surface area is 169 Å². The summed E-state index contributed by atoms with van der Waals surface area (Å²) in [6.45, 7) is 0.558. The van der Waals surface area contributed by atoms with Crippen molar-refractivity contribution in [2.45, 2.75) is 13.0 Å². The van der Waals surface area contributed by atoms with Gasteiger partial charge in [-0.05, 0) is 29.3 Å². The van der Waals surface area contributed by atoms with Gasteiger partial charge in [-0.3, -0.25) is 4.79 Å². The highest BCUT2D eigenvalue weighted by Crippen LogP contribution is 2.40. The molecule has 0 fully saturated rings. The molecule has 0 atom stereocenters. The van der Waals surface area contributed by atoms with Crippen LogP contribution in [0.15, 0.2) is 72.8 Å². The molecule has 3 rings (SSSR count). The van der Waals surface area contributed by atoms with Gasteiger partial charge in [0.25, 0.3) is 0 Å². The zero-order valence-electron chi connectivity index (χ0n) is 14.9. The summed E-state index contributed by atoms with van der Waals surface area (Å²) in [4.78, 5) is 13.9. The summed E-state index contributed by atoms with van der Waals surface area (Å²) in [7, 11) is 1.39. The van der Waals surface area contributed by atoms with Crippen LogP contribution in [0.4, 0.5) is 11.4 Å². The summed E-state index contributed by atoms with van der Waals surface area (Å²) >= 11 is 13.0. The maximum atomic E-state index is 11.9. The minimum Gasteiger partial charge on any atom is -0.469 e. The topological polar surface area (TPSA) is 29.5 Å². The molecule has 3 aromatic carbocycles. The fraction of sp³-hybridized carbons (Fsp3) is 0.136. The molecule has 3 aromatic rings. The van der Waals surface area contributed by atoms with Gasteiger partial charge in [0.2, 0.25) is 0 Å². The SMILES string of the molecule is COC(=O)Cc1ccccc1N(Cc1ccccc1)c1c(Cl)cccc1Cl. The zero-order valence-corrected chi connectivity index (χ0v) is 16.4. The molecule has 0 saturated heterocycles. The second kappa shape index (κ2) is 8.94. The highest BCUT2D eigenvalue weighted by Gasteiger charge is 2.20. The number of carbonyl (C=O) groups excluding carboxylic acids is 1. The molecule has 5 heteroatoms. The van der Waals surface area contributed by atoms with E-state index in [2.05, 4.69) is 0 Å². The minimum absolute atomic E-state index is 0.167. The van der Waals surface area contributed by atoms with Gasteiger partial charge in [0.05, 0.1) is 29.3 Å². The molecular formula is C22H19Cl2NO2. The van der Waals surface area contributed by atoms with Crippen molar-refractivity contribution in [1.29, 1.82) is 0 Å². The van der Waals surface area contributed by atoms with Crippen molar-refractivity contribution < 1.29 is 9.53 Å². The molecular weight excluding hydrogens is 381 g/mol. The molecule has 0 amide bonds. The fourth-order valence-electron chi connectivity index (χ4n) is 2.95. The molecule has 138 valence electrons. The molecule has 0 N–H and O–H groups in total. The first-order valence-corrected chi connectivity index (χ1v) is 9.26. The lowest BCUT2D eigenvalue weighted by molar-refractivity contribution is -0.139. The predicted molar refractivity (Wildman–Crippen MR) is 111 cm³/mol. The molecule has 3 nitrogen and oxygen atoms in total. The number of esters is 1. The Morgan fingerprint density at radius 2 is 1.52 bits per heavy atom. The van der Waals surface area contributed by atoms with Gasteiger partial charge in [-0.1, -0.05) is 77.8 Å². The number of rotatable bonds is 6. The Balaban J connectivity index is 2.12. The van der Waals surface area contributed by atoms with Gasteiger partial charge >= 0.3 is 5.97 Å². The van der Waals surface area contributed by atoms with Crippen LogP contribution >= 0.6 is 23.2 Å². The van der Waals surface area contributed by atoms with Crippen molar-refractivity contribution in [3.63, 3.8) is 0 Å². The standard InChI is InChI=1S/C22H19Cl2NO2/c1-27-21(26)14-17-10-5-6-13-20(17)25(15-16-8-3-2-4-9-16)22-18(23)11-7-12-19(22)24/h2-13H,14-15H2,1H3. The summed E-state index contributed by atoms with van der Waals surface area (Å²) < 4.78 is 4.85. The maximum absolute atomic E-state index is 11.9. The number of hydrogen-bond acceptors (Lipinski definition) is 3. The number of methoxy groups -OCH3 is 1. The summed E-state index contributed by atoms with van der Waals surface area (Å²) in [6.07, 6.45) is 0.167. The second-order valence-electron chi connectivity index (χ2n) is 6.02. The zero-order chi connectivity index (χ0) is 19.2. The largest absolute Gasteiger partial charge is 0.469 e. The molecule has 0 aliphatic heterocycles. The van der Waals surface area contributed by atoms with E-state index in [1.54, 1.807) is 0 Å². The van der Waals surface area contributed by atoms with E-state index in [-0.39, 0.29) is 12.4 Å². The van der Waals surface area contributed by atoms with E-state index in [1.165, 1.54) is 7.11 Å². The van der Waals surface area contributed by atoms with E-state index in [0.29, 0.717) is 22.3 Å². The van der Waals surface area contributed by atoms with Gasteiger partial charge < -0.3 is 9.64 Å². The van der Waals surface area contributed by atoms with Gasteiger partial charge in [0.1, 0.15) is 0 Å². The summed E-state index contributed by atoms with van der Waals surface area (Å²) in [6, 6.07) is 23.2. The number of carbonyl (C=O) groups is 1. The van der Waals surface area contributed by atoms with Crippen LogP contribution in [-0.4, -0.2) is 13.1 Å². The van der Waals surface area contributed by atoms with Gasteiger partial charge in [0.15, 0.2) is 0 Å². The summed E-state index contributed by atoms with van der Waals surface area (Å²) in [5, 5.41) is 1.10. The molecule has 0 bridgehead atoms. The number of benzene rings is 3. The number of ether oxygens (including phenoxy) is 1. The maximum Gasteiger partial charge on any atom is 0.310 e. The van der Waals surface area contributed by atoms with E-state index >= 15 is 0 Å². The van der Waals surface area contributed by atoms with Crippen molar-refractivity contribution in [3.8, 4) is 0 Å². The van der Waals surface area contributed by atoms with Crippen molar-refractivity contribution in [2.75, 3.05) is 12.0 Å². The third-order valence-electron chi connectivity index (χ3n) is 4.24. The molecule has 0 aliphatic rings. The average Bonchev–Trinajstić information content (AvgIpc) is 2.68. The van der Waals surface area contributed by atoms with E-state index in [0.717, 1.165) is 16.8 Å². The third-order valence-corrected chi connectivity index (χ3v) is 4.85. The quantitative estimate of drug-likeness (QED) is 0.472. The lowest BCUT2D eigenvalue weighted by atomic mass is 10.1. The van der Waals surface area contributed by atoms with Gasteiger partial charge in [-0.2, -0.15) is 0 Å². The fourth-order valence-corrected chi connectivity index (χ4v) is 3.55.